The topological polar surface area (TPSA) is 89.8 Å². The first-order valence-electron chi connectivity index (χ1n) is 9.84. The van der Waals surface area contributed by atoms with Gasteiger partial charge in [0.1, 0.15) is 5.58 Å². The van der Waals surface area contributed by atoms with Crippen LogP contribution in [-0.2, 0) is 17.6 Å². The van der Waals surface area contributed by atoms with E-state index in [9.17, 15) is 9.59 Å². The highest BCUT2D eigenvalue weighted by molar-refractivity contribution is 5.96. The van der Waals surface area contributed by atoms with Gasteiger partial charge < -0.3 is 13.9 Å². The van der Waals surface area contributed by atoms with Gasteiger partial charge in [0.25, 0.3) is 5.91 Å². The second kappa shape index (κ2) is 9.35. The minimum Gasteiger partial charge on any atom is -0.493 e. The molecule has 158 valence electrons. The Kier molecular flexibility index (Phi) is 6.61. The first-order chi connectivity index (χ1) is 14.4. The molecule has 0 unspecified atom stereocenters. The maximum Gasteiger partial charge on any atom is 0.269 e. The summed E-state index contributed by atoms with van der Waals surface area (Å²) in [6, 6.07) is 10.8. The minimum atomic E-state index is -0.456. The number of benzene rings is 2. The van der Waals surface area contributed by atoms with E-state index in [1.54, 1.807) is 24.5 Å². The van der Waals surface area contributed by atoms with Crippen molar-refractivity contribution < 1.29 is 23.5 Å². The van der Waals surface area contributed by atoms with Crippen molar-refractivity contribution in [3.8, 4) is 11.5 Å². The summed E-state index contributed by atoms with van der Waals surface area (Å²) in [5, 5.41) is 0.888. The van der Waals surface area contributed by atoms with Gasteiger partial charge in [-0.25, -0.2) is 0 Å². The third-order valence-corrected chi connectivity index (χ3v) is 4.58. The predicted molar refractivity (Wildman–Crippen MR) is 114 cm³/mol. The highest BCUT2D eigenvalue weighted by atomic mass is 16.5. The minimum absolute atomic E-state index is 0.0228. The lowest BCUT2D eigenvalue weighted by Crippen LogP contribution is -2.42. The number of methoxy groups -OCH3 is 1. The number of ether oxygens (including phenoxy) is 2. The van der Waals surface area contributed by atoms with E-state index in [4.69, 9.17) is 13.9 Å². The summed E-state index contributed by atoms with van der Waals surface area (Å²) in [5.74, 6) is 0.185. The van der Waals surface area contributed by atoms with Crippen LogP contribution in [0.25, 0.3) is 11.0 Å². The van der Waals surface area contributed by atoms with Gasteiger partial charge in [0.05, 0.1) is 25.9 Å². The molecule has 0 fully saturated rings. The highest BCUT2D eigenvalue weighted by Crippen LogP contribution is 2.29. The van der Waals surface area contributed by atoms with Gasteiger partial charge in [0, 0.05) is 16.5 Å². The Hall–Kier alpha value is -3.48. The fourth-order valence-corrected chi connectivity index (χ4v) is 3.06. The average molecular weight is 410 g/mol. The van der Waals surface area contributed by atoms with Crippen molar-refractivity contribution in [2.45, 2.75) is 39.7 Å². The molecule has 2 N–H and O–H groups in total. The standard InChI is InChI=1S/C23H26N2O5/c1-5-15-6-8-18-17(13-29-20(18)10-15)12-22(26)24-25-23(27)16-7-9-19(30-14(2)3)21(11-16)28-4/h6-11,13-14H,5,12H2,1-4H3,(H,24,26)(H,25,27). The fraction of sp³-hybridized carbons (Fsp3) is 0.304. The van der Waals surface area contributed by atoms with Gasteiger partial charge in [-0.05, 0) is 50.1 Å². The quantitative estimate of drug-likeness (QED) is 0.579. The number of fused-ring (bicyclic) bond motifs is 1. The van der Waals surface area contributed by atoms with Gasteiger partial charge >= 0.3 is 0 Å². The van der Waals surface area contributed by atoms with Crippen LogP contribution in [0.5, 0.6) is 11.5 Å². The van der Waals surface area contributed by atoms with Crippen LogP contribution in [0.2, 0.25) is 0 Å². The second-order valence-electron chi connectivity index (χ2n) is 7.16. The van der Waals surface area contributed by atoms with Crippen molar-refractivity contribution >= 4 is 22.8 Å². The van der Waals surface area contributed by atoms with E-state index in [1.165, 1.54) is 12.7 Å². The first-order valence-corrected chi connectivity index (χ1v) is 9.84. The van der Waals surface area contributed by atoms with Gasteiger partial charge in [-0.1, -0.05) is 19.1 Å². The Morgan fingerprint density at radius 2 is 1.87 bits per heavy atom. The molecule has 0 spiro atoms. The molecule has 3 aromatic rings. The summed E-state index contributed by atoms with van der Waals surface area (Å²) in [6.45, 7) is 5.88. The van der Waals surface area contributed by atoms with Crippen LogP contribution in [0.1, 0.15) is 42.3 Å². The number of hydrogen-bond donors (Lipinski definition) is 2. The molecule has 30 heavy (non-hydrogen) atoms. The van der Waals surface area contributed by atoms with Crippen molar-refractivity contribution in [3.05, 3.63) is 59.4 Å². The van der Waals surface area contributed by atoms with E-state index < -0.39 is 5.91 Å². The molecule has 7 heteroatoms. The van der Waals surface area contributed by atoms with E-state index >= 15 is 0 Å². The number of carbonyl (C=O) groups is 2. The highest BCUT2D eigenvalue weighted by Gasteiger charge is 2.14. The number of hydrogen-bond acceptors (Lipinski definition) is 5. The van der Waals surface area contributed by atoms with Crippen LogP contribution in [0, 0.1) is 0 Å². The Morgan fingerprint density at radius 1 is 1.07 bits per heavy atom. The molecule has 1 heterocycles. The molecule has 0 aliphatic heterocycles. The van der Waals surface area contributed by atoms with Crippen LogP contribution in [-0.4, -0.2) is 25.0 Å². The van der Waals surface area contributed by atoms with E-state index in [0.29, 0.717) is 17.1 Å². The normalized spacial score (nSPS) is 10.8. The van der Waals surface area contributed by atoms with Crippen LogP contribution in [0.4, 0.5) is 0 Å². The molecule has 0 bridgehead atoms. The molecule has 0 saturated carbocycles. The Morgan fingerprint density at radius 3 is 2.57 bits per heavy atom. The van der Waals surface area contributed by atoms with Crippen molar-refractivity contribution in [2.24, 2.45) is 0 Å². The van der Waals surface area contributed by atoms with E-state index in [-0.39, 0.29) is 18.4 Å². The van der Waals surface area contributed by atoms with Crippen LogP contribution >= 0.6 is 0 Å². The van der Waals surface area contributed by atoms with Gasteiger partial charge in [-0.15, -0.1) is 0 Å². The maximum atomic E-state index is 12.4. The van der Waals surface area contributed by atoms with Gasteiger partial charge in [-0.3, -0.25) is 20.4 Å². The molecule has 0 radical (unpaired) electrons. The molecule has 0 aliphatic carbocycles. The largest absolute Gasteiger partial charge is 0.493 e. The van der Waals surface area contributed by atoms with Gasteiger partial charge in [0.15, 0.2) is 11.5 Å². The van der Waals surface area contributed by atoms with Crippen LogP contribution < -0.4 is 20.3 Å². The van der Waals surface area contributed by atoms with Crippen molar-refractivity contribution in [2.75, 3.05) is 7.11 Å². The first kappa shape index (κ1) is 21.2. The van der Waals surface area contributed by atoms with Crippen LogP contribution in [0.3, 0.4) is 0 Å². The summed E-state index contributed by atoms with van der Waals surface area (Å²) < 4.78 is 16.5. The summed E-state index contributed by atoms with van der Waals surface area (Å²) >= 11 is 0. The number of nitrogens with one attached hydrogen (secondary N) is 2. The van der Waals surface area contributed by atoms with Gasteiger partial charge in [0.2, 0.25) is 5.91 Å². The predicted octanol–water partition coefficient (Wildman–Crippen LogP) is 3.79. The van der Waals surface area contributed by atoms with E-state index in [2.05, 4.69) is 17.8 Å². The smallest absolute Gasteiger partial charge is 0.269 e. The molecule has 0 aliphatic rings. The Balaban J connectivity index is 1.61. The summed E-state index contributed by atoms with van der Waals surface area (Å²) in [5.41, 5.74) is 7.87. The van der Waals surface area contributed by atoms with Crippen molar-refractivity contribution in [1.82, 2.24) is 10.9 Å². The molecule has 3 rings (SSSR count). The zero-order valence-electron chi connectivity index (χ0n) is 17.6. The molecule has 7 nitrogen and oxygen atoms in total. The summed E-state index contributed by atoms with van der Waals surface area (Å²) in [7, 11) is 1.50. The monoisotopic (exact) mass is 410 g/mol. The average Bonchev–Trinajstić information content (AvgIpc) is 3.13. The molecule has 0 atom stereocenters. The summed E-state index contributed by atoms with van der Waals surface area (Å²) in [4.78, 5) is 24.7. The lowest BCUT2D eigenvalue weighted by atomic mass is 10.1. The third-order valence-electron chi connectivity index (χ3n) is 4.58. The van der Waals surface area contributed by atoms with E-state index in [1.807, 2.05) is 32.0 Å². The van der Waals surface area contributed by atoms with E-state index in [0.717, 1.165) is 23.0 Å². The number of aryl methyl sites for hydroxylation is 1. The number of rotatable bonds is 7. The Labute approximate surface area is 175 Å². The lowest BCUT2D eigenvalue weighted by molar-refractivity contribution is -0.121. The molecular weight excluding hydrogens is 384 g/mol. The molecular formula is C23H26N2O5. The molecule has 1 aromatic heterocycles. The number of carbonyl (C=O) groups excluding carboxylic acids is 2. The van der Waals surface area contributed by atoms with Crippen molar-refractivity contribution in [3.63, 3.8) is 0 Å². The molecule has 2 aromatic carbocycles. The summed E-state index contributed by atoms with van der Waals surface area (Å²) in [6.07, 6.45) is 2.55. The zero-order chi connectivity index (χ0) is 21.7. The number of amides is 2. The zero-order valence-corrected chi connectivity index (χ0v) is 17.6. The maximum absolute atomic E-state index is 12.4. The van der Waals surface area contributed by atoms with Crippen molar-refractivity contribution in [1.29, 1.82) is 0 Å². The third kappa shape index (κ3) is 4.92. The molecule has 0 saturated heterocycles. The molecule has 2 amide bonds. The number of hydrazine groups is 1. The lowest BCUT2D eigenvalue weighted by Gasteiger charge is -2.14. The second-order valence-corrected chi connectivity index (χ2v) is 7.16. The van der Waals surface area contributed by atoms with Crippen LogP contribution in [0.15, 0.2) is 47.1 Å². The SMILES string of the molecule is CCc1ccc2c(CC(=O)NNC(=O)c3ccc(OC(C)C)c(OC)c3)coc2c1. The fourth-order valence-electron chi connectivity index (χ4n) is 3.06. The Bertz CT molecular complexity index is 1050. The van der Waals surface area contributed by atoms with Gasteiger partial charge in [-0.2, -0.15) is 0 Å². The number of furan rings is 1.